The Kier molecular flexibility index (Phi) is 3.44. The van der Waals surface area contributed by atoms with E-state index in [2.05, 4.69) is 31.5 Å². The zero-order chi connectivity index (χ0) is 14.8. The van der Waals surface area contributed by atoms with Crippen LogP contribution in [0.2, 0.25) is 0 Å². The normalized spacial score (nSPS) is 15.9. The predicted octanol–water partition coefficient (Wildman–Crippen LogP) is 1.82. The quantitative estimate of drug-likeness (QED) is 0.754. The van der Waals surface area contributed by atoms with Crippen LogP contribution in [-0.4, -0.2) is 46.3 Å². The summed E-state index contributed by atoms with van der Waals surface area (Å²) >= 11 is 0. The van der Waals surface area contributed by atoms with Crippen molar-refractivity contribution in [1.29, 1.82) is 0 Å². The first-order chi connectivity index (χ1) is 10.9. The third-order valence-corrected chi connectivity index (χ3v) is 3.98. The predicted molar refractivity (Wildman–Crippen MR) is 86.8 cm³/mol. The van der Waals surface area contributed by atoms with Crippen LogP contribution in [0.25, 0.3) is 22.4 Å². The number of hydrogen-bond acceptors (Lipinski definition) is 5. The molecule has 0 spiro atoms. The molecule has 22 heavy (non-hydrogen) atoms. The lowest BCUT2D eigenvalue weighted by molar-refractivity contribution is 0.724. The minimum Gasteiger partial charge on any atom is -0.355 e. The van der Waals surface area contributed by atoms with Crippen LogP contribution in [-0.2, 0) is 0 Å². The van der Waals surface area contributed by atoms with Crippen molar-refractivity contribution in [3.63, 3.8) is 0 Å². The average Bonchev–Trinajstić information content (AvgIpc) is 2.81. The van der Waals surface area contributed by atoms with Crippen molar-refractivity contribution in [2.45, 2.75) is 6.42 Å². The van der Waals surface area contributed by atoms with Gasteiger partial charge < -0.3 is 10.2 Å². The van der Waals surface area contributed by atoms with E-state index in [1.165, 1.54) is 0 Å². The van der Waals surface area contributed by atoms with Crippen molar-refractivity contribution in [3.8, 4) is 11.4 Å². The summed E-state index contributed by atoms with van der Waals surface area (Å²) < 4.78 is 0. The monoisotopic (exact) mass is 294 g/mol. The largest absolute Gasteiger partial charge is 0.355 e. The van der Waals surface area contributed by atoms with E-state index in [0.717, 1.165) is 60.8 Å². The topological polar surface area (TPSA) is 69.7 Å². The highest BCUT2D eigenvalue weighted by Crippen LogP contribution is 2.25. The third-order valence-electron chi connectivity index (χ3n) is 3.98. The van der Waals surface area contributed by atoms with E-state index in [1.54, 1.807) is 6.20 Å². The third kappa shape index (κ3) is 2.42. The number of fused-ring (bicyclic) bond motifs is 1. The fourth-order valence-corrected chi connectivity index (χ4v) is 2.86. The summed E-state index contributed by atoms with van der Waals surface area (Å²) in [6.45, 7) is 4.10. The molecular formula is C16H18N6. The molecule has 112 valence electrons. The van der Waals surface area contributed by atoms with Crippen LogP contribution >= 0.6 is 0 Å². The van der Waals surface area contributed by atoms with Gasteiger partial charge in [0.25, 0.3) is 0 Å². The molecule has 3 aromatic rings. The zero-order valence-corrected chi connectivity index (χ0v) is 12.3. The van der Waals surface area contributed by atoms with E-state index in [1.807, 2.05) is 24.3 Å². The highest BCUT2D eigenvalue weighted by atomic mass is 15.2. The Hall–Kier alpha value is -2.47. The van der Waals surface area contributed by atoms with Crippen LogP contribution in [0.3, 0.4) is 0 Å². The highest BCUT2D eigenvalue weighted by molar-refractivity contribution is 5.89. The Morgan fingerprint density at radius 2 is 2.05 bits per heavy atom. The molecule has 1 saturated heterocycles. The molecule has 0 aliphatic carbocycles. The second kappa shape index (κ2) is 5.73. The minimum atomic E-state index is 0.795. The van der Waals surface area contributed by atoms with E-state index in [0.29, 0.717) is 0 Å². The van der Waals surface area contributed by atoms with E-state index in [9.17, 15) is 0 Å². The molecule has 2 N–H and O–H groups in total. The van der Waals surface area contributed by atoms with Gasteiger partial charge in [-0.1, -0.05) is 6.07 Å². The van der Waals surface area contributed by atoms with Gasteiger partial charge in [-0.3, -0.25) is 5.10 Å². The van der Waals surface area contributed by atoms with Gasteiger partial charge in [-0.05, 0) is 37.2 Å². The van der Waals surface area contributed by atoms with Gasteiger partial charge in [-0.25, -0.2) is 9.97 Å². The molecule has 0 bridgehead atoms. The fourth-order valence-electron chi connectivity index (χ4n) is 2.86. The van der Waals surface area contributed by atoms with Gasteiger partial charge in [-0.15, -0.1) is 0 Å². The maximum atomic E-state index is 4.82. The summed E-state index contributed by atoms with van der Waals surface area (Å²) in [5, 5.41) is 11.8. The molecule has 3 aromatic heterocycles. The zero-order valence-electron chi connectivity index (χ0n) is 12.3. The maximum absolute atomic E-state index is 4.82. The molecule has 4 rings (SSSR count). The number of pyridine rings is 2. The number of rotatable bonds is 2. The SMILES string of the molecule is c1cc(-c2n[nH]c3ncccc23)nc(N2CCCNCC2)c1. The number of hydrogen-bond donors (Lipinski definition) is 2. The Morgan fingerprint density at radius 1 is 1.05 bits per heavy atom. The number of nitrogens with one attached hydrogen (secondary N) is 2. The van der Waals surface area contributed by atoms with E-state index in [4.69, 9.17) is 4.98 Å². The van der Waals surface area contributed by atoms with Gasteiger partial charge in [0.2, 0.25) is 0 Å². The van der Waals surface area contributed by atoms with Crippen LogP contribution < -0.4 is 10.2 Å². The Balaban J connectivity index is 1.72. The lowest BCUT2D eigenvalue weighted by Crippen LogP contribution is -2.28. The van der Waals surface area contributed by atoms with Crippen molar-refractivity contribution >= 4 is 16.9 Å². The van der Waals surface area contributed by atoms with E-state index in [-0.39, 0.29) is 0 Å². The summed E-state index contributed by atoms with van der Waals surface area (Å²) in [7, 11) is 0. The molecule has 0 saturated carbocycles. The molecule has 6 heteroatoms. The molecule has 6 nitrogen and oxygen atoms in total. The lowest BCUT2D eigenvalue weighted by Gasteiger charge is -2.21. The number of aromatic nitrogens is 4. The highest BCUT2D eigenvalue weighted by Gasteiger charge is 2.14. The Bertz CT molecular complexity index is 773. The van der Waals surface area contributed by atoms with Crippen LogP contribution in [0.5, 0.6) is 0 Å². The molecule has 0 atom stereocenters. The van der Waals surface area contributed by atoms with Crippen molar-refractivity contribution in [2.24, 2.45) is 0 Å². The molecule has 1 fully saturated rings. The standard InChI is InChI=1S/C16H18N6/c1-5-13(15-12-4-2-8-18-16(12)21-20-15)19-14(6-1)22-10-3-7-17-9-11-22/h1-2,4-6,8,17H,3,7,9-11H2,(H,18,20,21). The second-order valence-corrected chi connectivity index (χ2v) is 5.44. The van der Waals surface area contributed by atoms with Crippen molar-refractivity contribution in [2.75, 3.05) is 31.1 Å². The fraction of sp³-hybridized carbons (Fsp3) is 0.312. The summed E-state index contributed by atoms with van der Waals surface area (Å²) in [6.07, 6.45) is 2.90. The van der Waals surface area contributed by atoms with Crippen LogP contribution in [0, 0.1) is 0 Å². The molecule has 1 aliphatic heterocycles. The van der Waals surface area contributed by atoms with Crippen molar-refractivity contribution in [3.05, 3.63) is 36.5 Å². The Labute approximate surface area is 128 Å². The van der Waals surface area contributed by atoms with Gasteiger partial charge in [0.15, 0.2) is 5.65 Å². The number of H-pyrrole nitrogens is 1. The molecule has 0 amide bonds. The smallest absolute Gasteiger partial charge is 0.155 e. The van der Waals surface area contributed by atoms with Crippen LogP contribution in [0.1, 0.15) is 6.42 Å². The summed E-state index contributed by atoms with van der Waals surface area (Å²) in [6, 6.07) is 10.1. The first-order valence-corrected chi connectivity index (χ1v) is 7.64. The van der Waals surface area contributed by atoms with Gasteiger partial charge in [0.1, 0.15) is 11.5 Å². The average molecular weight is 294 g/mol. The van der Waals surface area contributed by atoms with Crippen LogP contribution in [0.15, 0.2) is 36.5 Å². The lowest BCUT2D eigenvalue weighted by atomic mass is 10.2. The molecule has 0 aromatic carbocycles. The molecule has 0 radical (unpaired) electrons. The molecule has 0 unspecified atom stereocenters. The number of aromatic amines is 1. The first kappa shape index (κ1) is 13.2. The van der Waals surface area contributed by atoms with Gasteiger partial charge in [0.05, 0.1) is 5.69 Å². The molecule has 4 heterocycles. The van der Waals surface area contributed by atoms with Crippen molar-refractivity contribution < 1.29 is 0 Å². The summed E-state index contributed by atoms with van der Waals surface area (Å²) in [5.41, 5.74) is 2.54. The van der Waals surface area contributed by atoms with E-state index < -0.39 is 0 Å². The number of anilines is 1. The maximum Gasteiger partial charge on any atom is 0.155 e. The second-order valence-electron chi connectivity index (χ2n) is 5.44. The van der Waals surface area contributed by atoms with Crippen LogP contribution in [0.4, 0.5) is 5.82 Å². The van der Waals surface area contributed by atoms with E-state index >= 15 is 0 Å². The number of nitrogens with zero attached hydrogens (tertiary/aromatic N) is 4. The van der Waals surface area contributed by atoms with Gasteiger partial charge in [0, 0.05) is 31.2 Å². The first-order valence-electron chi connectivity index (χ1n) is 7.64. The minimum absolute atomic E-state index is 0.795. The summed E-state index contributed by atoms with van der Waals surface area (Å²) in [5.74, 6) is 1.02. The summed E-state index contributed by atoms with van der Waals surface area (Å²) in [4.78, 5) is 11.4. The van der Waals surface area contributed by atoms with Crippen molar-refractivity contribution in [1.82, 2.24) is 25.5 Å². The molecular weight excluding hydrogens is 276 g/mol. The Morgan fingerprint density at radius 3 is 3.05 bits per heavy atom. The van der Waals surface area contributed by atoms with Gasteiger partial charge in [-0.2, -0.15) is 5.10 Å². The molecule has 1 aliphatic rings. The van der Waals surface area contributed by atoms with Gasteiger partial charge >= 0.3 is 0 Å².